The van der Waals surface area contributed by atoms with Crippen molar-refractivity contribution in [3.8, 4) is 11.3 Å². The predicted octanol–water partition coefficient (Wildman–Crippen LogP) is 5.69. The molecule has 6 heteroatoms. The lowest BCUT2D eigenvalue weighted by molar-refractivity contribution is -0.124. The lowest BCUT2D eigenvalue weighted by Gasteiger charge is -2.39. The number of rotatable bonds is 7. The summed E-state index contributed by atoms with van der Waals surface area (Å²) in [4.78, 5) is 15.5. The lowest BCUT2D eigenvalue weighted by Crippen LogP contribution is -2.45. The molecule has 4 rings (SSSR count). The number of carbonyl (C=O) groups excluding carboxylic acids is 1. The molecule has 0 spiro atoms. The van der Waals surface area contributed by atoms with Gasteiger partial charge in [-0.1, -0.05) is 48.4 Å². The van der Waals surface area contributed by atoms with Gasteiger partial charge in [-0.2, -0.15) is 5.10 Å². The molecule has 0 radical (unpaired) electrons. The monoisotopic (exact) mass is 452 g/mol. The highest BCUT2D eigenvalue weighted by molar-refractivity contribution is 6.31. The summed E-state index contributed by atoms with van der Waals surface area (Å²) in [7, 11) is 0. The van der Waals surface area contributed by atoms with Crippen LogP contribution in [0.5, 0.6) is 0 Å². The molecule has 1 aliphatic rings. The Hall–Kier alpha value is -2.37. The number of aromatic nitrogens is 2. The molecule has 32 heavy (non-hydrogen) atoms. The topological polar surface area (TPSA) is 50.2 Å². The van der Waals surface area contributed by atoms with Crippen molar-refractivity contribution in [2.45, 2.75) is 64.6 Å². The SMILES string of the molecule is C[C@@H]1CCC[C@@H](C)N1CCCNC(=O)[C@@H](C)n1nc(-c2ccccc2)c2cc(Cl)ccc21. The number of likely N-dealkylation sites (tertiary alicyclic amines) is 1. The zero-order chi connectivity index (χ0) is 22.7. The maximum Gasteiger partial charge on any atom is 0.244 e. The van der Waals surface area contributed by atoms with E-state index >= 15 is 0 Å². The zero-order valence-electron chi connectivity index (χ0n) is 19.2. The zero-order valence-corrected chi connectivity index (χ0v) is 20.0. The molecule has 0 bridgehead atoms. The Morgan fingerprint density at radius 2 is 1.88 bits per heavy atom. The molecule has 0 saturated carbocycles. The van der Waals surface area contributed by atoms with Crippen LogP contribution in [0.4, 0.5) is 0 Å². The van der Waals surface area contributed by atoms with E-state index in [1.165, 1.54) is 19.3 Å². The molecule has 0 aliphatic carbocycles. The Morgan fingerprint density at radius 1 is 1.16 bits per heavy atom. The molecule has 3 aromatic rings. The van der Waals surface area contributed by atoms with Gasteiger partial charge in [-0.3, -0.25) is 14.4 Å². The number of piperidine rings is 1. The Kier molecular flexibility index (Phi) is 7.17. The van der Waals surface area contributed by atoms with E-state index in [1.54, 1.807) is 0 Å². The number of nitrogens with one attached hydrogen (secondary N) is 1. The van der Waals surface area contributed by atoms with Gasteiger partial charge >= 0.3 is 0 Å². The van der Waals surface area contributed by atoms with Gasteiger partial charge in [-0.25, -0.2) is 0 Å². The van der Waals surface area contributed by atoms with Crippen molar-refractivity contribution in [2.24, 2.45) is 0 Å². The summed E-state index contributed by atoms with van der Waals surface area (Å²) in [6.07, 6.45) is 4.82. The molecule has 3 atom stereocenters. The average Bonchev–Trinajstić information content (AvgIpc) is 3.16. The Balaban J connectivity index is 1.45. The van der Waals surface area contributed by atoms with Gasteiger partial charge in [0, 0.05) is 41.1 Å². The van der Waals surface area contributed by atoms with Crippen LogP contribution in [0.25, 0.3) is 22.2 Å². The van der Waals surface area contributed by atoms with Gasteiger partial charge in [-0.05, 0) is 58.2 Å². The highest BCUT2D eigenvalue weighted by atomic mass is 35.5. The highest BCUT2D eigenvalue weighted by Gasteiger charge is 2.24. The van der Waals surface area contributed by atoms with Gasteiger partial charge in [0.2, 0.25) is 5.91 Å². The van der Waals surface area contributed by atoms with Crippen LogP contribution in [0.1, 0.15) is 52.5 Å². The van der Waals surface area contributed by atoms with Crippen molar-refractivity contribution in [2.75, 3.05) is 13.1 Å². The minimum Gasteiger partial charge on any atom is -0.354 e. The summed E-state index contributed by atoms with van der Waals surface area (Å²) in [5.74, 6) is -0.0105. The standard InChI is InChI=1S/C26H33ClN4O/c1-18-9-7-10-19(2)30(18)16-8-15-28-26(32)20(3)31-24-14-13-22(27)17-23(24)25(29-31)21-11-5-4-6-12-21/h4-6,11-14,17-20H,7-10,15-16H2,1-3H3,(H,28,32)/t18-,19-,20-/m1/s1. The number of carbonyl (C=O) groups is 1. The quantitative estimate of drug-likeness (QED) is 0.468. The Bertz CT molecular complexity index is 1050. The minimum absolute atomic E-state index is 0.0105. The van der Waals surface area contributed by atoms with Crippen molar-refractivity contribution in [3.63, 3.8) is 0 Å². The van der Waals surface area contributed by atoms with E-state index in [0.717, 1.165) is 35.1 Å². The first-order valence-corrected chi connectivity index (χ1v) is 12.1. The third kappa shape index (κ3) is 4.84. The van der Waals surface area contributed by atoms with Crippen LogP contribution in [0.3, 0.4) is 0 Å². The first kappa shape index (κ1) is 22.8. The summed E-state index contributed by atoms with van der Waals surface area (Å²) in [5, 5.41) is 9.57. The summed E-state index contributed by atoms with van der Waals surface area (Å²) in [6, 6.07) is 16.6. The Morgan fingerprint density at radius 3 is 2.59 bits per heavy atom. The molecule has 1 saturated heterocycles. The molecule has 5 nitrogen and oxygen atoms in total. The van der Waals surface area contributed by atoms with Gasteiger partial charge in [0.15, 0.2) is 0 Å². The van der Waals surface area contributed by atoms with Crippen LogP contribution in [0.2, 0.25) is 5.02 Å². The molecule has 170 valence electrons. The second-order valence-electron chi connectivity index (χ2n) is 9.01. The van der Waals surface area contributed by atoms with Crippen LogP contribution in [-0.4, -0.2) is 45.8 Å². The van der Waals surface area contributed by atoms with Crippen molar-refractivity contribution < 1.29 is 4.79 Å². The van der Waals surface area contributed by atoms with Gasteiger partial charge in [0.1, 0.15) is 11.7 Å². The van der Waals surface area contributed by atoms with E-state index in [0.29, 0.717) is 23.7 Å². The van der Waals surface area contributed by atoms with Crippen LogP contribution in [0, 0.1) is 0 Å². The number of halogens is 1. The molecule has 1 N–H and O–H groups in total. The smallest absolute Gasteiger partial charge is 0.244 e. The van der Waals surface area contributed by atoms with Gasteiger partial charge in [0.25, 0.3) is 0 Å². The van der Waals surface area contributed by atoms with Crippen LogP contribution < -0.4 is 5.32 Å². The van der Waals surface area contributed by atoms with Gasteiger partial charge in [-0.15, -0.1) is 0 Å². The molecule has 1 aromatic heterocycles. The predicted molar refractivity (Wildman–Crippen MR) is 132 cm³/mol. The van der Waals surface area contributed by atoms with Crippen molar-refractivity contribution >= 4 is 28.4 Å². The van der Waals surface area contributed by atoms with E-state index in [1.807, 2.05) is 60.1 Å². The third-order valence-electron chi connectivity index (χ3n) is 6.73. The lowest BCUT2D eigenvalue weighted by atomic mass is 9.97. The van der Waals surface area contributed by atoms with E-state index < -0.39 is 6.04 Å². The number of nitrogens with zero attached hydrogens (tertiary/aromatic N) is 3. The fraction of sp³-hybridized carbons (Fsp3) is 0.462. The maximum atomic E-state index is 13.0. The normalized spacial score (nSPS) is 20.4. The molecule has 1 aliphatic heterocycles. The summed E-state index contributed by atoms with van der Waals surface area (Å²) in [6.45, 7) is 8.24. The molecular formula is C26H33ClN4O. The molecule has 1 fully saturated rings. The van der Waals surface area contributed by atoms with Gasteiger partial charge in [0.05, 0.1) is 5.52 Å². The average molecular weight is 453 g/mol. The first-order valence-electron chi connectivity index (χ1n) is 11.7. The highest BCUT2D eigenvalue weighted by Crippen LogP contribution is 2.31. The van der Waals surface area contributed by atoms with Crippen LogP contribution in [0.15, 0.2) is 48.5 Å². The van der Waals surface area contributed by atoms with Crippen molar-refractivity contribution in [1.82, 2.24) is 20.0 Å². The summed E-state index contributed by atoms with van der Waals surface area (Å²) >= 11 is 6.28. The fourth-order valence-electron chi connectivity index (χ4n) is 4.87. The fourth-order valence-corrected chi connectivity index (χ4v) is 5.04. The number of fused-ring (bicyclic) bond motifs is 1. The molecule has 2 heterocycles. The Labute approximate surface area is 195 Å². The van der Waals surface area contributed by atoms with Crippen LogP contribution in [-0.2, 0) is 4.79 Å². The summed E-state index contributed by atoms with van der Waals surface area (Å²) < 4.78 is 1.82. The largest absolute Gasteiger partial charge is 0.354 e. The van der Waals surface area contributed by atoms with E-state index in [4.69, 9.17) is 16.7 Å². The van der Waals surface area contributed by atoms with Gasteiger partial charge < -0.3 is 5.32 Å². The molecule has 0 unspecified atom stereocenters. The number of hydrogen-bond donors (Lipinski definition) is 1. The molecular weight excluding hydrogens is 420 g/mol. The molecule has 2 aromatic carbocycles. The second-order valence-corrected chi connectivity index (χ2v) is 9.44. The summed E-state index contributed by atoms with van der Waals surface area (Å²) in [5.41, 5.74) is 2.76. The van der Waals surface area contributed by atoms with Crippen molar-refractivity contribution in [1.29, 1.82) is 0 Å². The second kappa shape index (κ2) is 10.1. The minimum atomic E-state index is -0.413. The molecule has 1 amide bonds. The number of hydrogen-bond acceptors (Lipinski definition) is 3. The van der Waals surface area contributed by atoms with Crippen LogP contribution >= 0.6 is 11.6 Å². The number of amides is 1. The number of benzene rings is 2. The maximum absolute atomic E-state index is 13.0. The van der Waals surface area contributed by atoms with E-state index in [2.05, 4.69) is 24.1 Å². The van der Waals surface area contributed by atoms with E-state index in [-0.39, 0.29) is 5.91 Å². The first-order chi connectivity index (χ1) is 15.5. The third-order valence-corrected chi connectivity index (χ3v) is 6.97. The van der Waals surface area contributed by atoms with Crippen molar-refractivity contribution in [3.05, 3.63) is 53.6 Å². The van der Waals surface area contributed by atoms with E-state index in [9.17, 15) is 4.79 Å².